The number of hydrogen-bond acceptors (Lipinski definition) is 3. The van der Waals surface area contributed by atoms with Crippen LogP contribution in [0.1, 0.15) is 49.4 Å². The average Bonchev–Trinajstić information content (AvgIpc) is 2.46. The van der Waals surface area contributed by atoms with E-state index in [-0.39, 0.29) is 11.7 Å². The van der Waals surface area contributed by atoms with E-state index < -0.39 is 0 Å². The van der Waals surface area contributed by atoms with Crippen molar-refractivity contribution in [2.24, 2.45) is 5.73 Å². The highest BCUT2D eigenvalue weighted by Gasteiger charge is 2.27. The Morgan fingerprint density at radius 2 is 1.85 bits per heavy atom. The van der Waals surface area contributed by atoms with Crippen LogP contribution >= 0.6 is 0 Å². The number of rotatable bonds is 4. The summed E-state index contributed by atoms with van der Waals surface area (Å²) in [6.45, 7) is 2.87. The number of amides is 1. The highest BCUT2D eigenvalue weighted by Crippen LogP contribution is 2.24. The summed E-state index contributed by atoms with van der Waals surface area (Å²) in [4.78, 5) is 14.6. The second kappa shape index (κ2) is 6.75. The first-order valence-corrected chi connectivity index (χ1v) is 7.47. The summed E-state index contributed by atoms with van der Waals surface area (Å²) in [6.07, 6.45) is 4.92. The van der Waals surface area contributed by atoms with Crippen LogP contribution in [0.25, 0.3) is 0 Å². The Morgan fingerprint density at radius 1 is 1.25 bits per heavy atom. The van der Waals surface area contributed by atoms with Gasteiger partial charge in [-0.25, -0.2) is 0 Å². The number of nitrogens with two attached hydrogens (primary N) is 1. The average molecular weight is 276 g/mol. The van der Waals surface area contributed by atoms with Crippen LogP contribution in [0.4, 0.5) is 0 Å². The minimum Gasteiger partial charge on any atom is -0.508 e. The molecule has 0 aromatic heterocycles. The minimum absolute atomic E-state index is 0.0623. The molecule has 1 amide bonds. The van der Waals surface area contributed by atoms with Crippen LogP contribution in [0.15, 0.2) is 24.3 Å². The zero-order valence-corrected chi connectivity index (χ0v) is 12.1. The van der Waals surface area contributed by atoms with Gasteiger partial charge in [0.15, 0.2) is 0 Å². The van der Waals surface area contributed by atoms with Gasteiger partial charge in [-0.3, -0.25) is 4.79 Å². The molecule has 1 aliphatic carbocycles. The summed E-state index contributed by atoms with van der Waals surface area (Å²) in [6, 6.07) is 7.10. The molecule has 0 atom stereocenters. The summed E-state index contributed by atoms with van der Waals surface area (Å²) < 4.78 is 0. The number of phenols is 1. The van der Waals surface area contributed by atoms with Crippen molar-refractivity contribution < 1.29 is 9.90 Å². The molecular formula is C16H24N2O2. The van der Waals surface area contributed by atoms with E-state index in [9.17, 15) is 9.90 Å². The second-order valence-electron chi connectivity index (χ2n) is 5.61. The second-order valence-corrected chi connectivity index (χ2v) is 5.61. The molecule has 0 saturated heterocycles. The smallest absolute Gasteiger partial charge is 0.254 e. The SMILES string of the molecule is CCCN(C(=O)c1ccc(O)cc1)C1CCC(N)CC1. The van der Waals surface area contributed by atoms with Crippen LogP contribution < -0.4 is 5.73 Å². The number of nitrogens with zero attached hydrogens (tertiary/aromatic N) is 1. The Hall–Kier alpha value is -1.55. The molecule has 4 nitrogen and oxygen atoms in total. The van der Waals surface area contributed by atoms with Gasteiger partial charge in [-0.2, -0.15) is 0 Å². The van der Waals surface area contributed by atoms with E-state index in [2.05, 4.69) is 6.92 Å². The Bertz CT molecular complexity index is 436. The highest BCUT2D eigenvalue weighted by atomic mass is 16.3. The van der Waals surface area contributed by atoms with Crippen molar-refractivity contribution in [3.63, 3.8) is 0 Å². The zero-order chi connectivity index (χ0) is 14.5. The van der Waals surface area contributed by atoms with Crippen LogP contribution in [0, 0.1) is 0 Å². The molecule has 1 saturated carbocycles. The van der Waals surface area contributed by atoms with Crippen LogP contribution in [-0.2, 0) is 0 Å². The first-order valence-electron chi connectivity index (χ1n) is 7.47. The molecule has 1 aliphatic rings. The van der Waals surface area contributed by atoms with Crippen LogP contribution in [0.2, 0.25) is 0 Å². The van der Waals surface area contributed by atoms with Gasteiger partial charge < -0.3 is 15.7 Å². The first kappa shape index (κ1) is 14.9. The van der Waals surface area contributed by atoms with E-state index >= 15 is 0 Å². The number of phenolic OH excluding ortho intramolecular Hbond substituents is 1. The van der Waals surface area contributed by atoms with Gasteiger partial charge >= 0.3 is 0 Å². The lowest BCUT2D eigenvalue weighted by Crippen LogP contribution is -2.44. The predicted octanol–water partition coefficient (Wildman–Crippen LogP) is 2.51. The number of carbonyl (C=O) groups excluding carboxylic acids is 1. The Labute approximate surface area is 120 Å². The molecule has 1 aromatic carbocycles. The lowest BCUT2D eigenvalue weighted by Gasteiger charge is -2.36. The number of benzene rings is 1. The van der Waals surface area contributed by atoms with Gasteiger partial charge in [0, 0.05) is 24.2 Å². The van der Waals surface area contributed by atoms with E-state index in [0.29, 0.717) is 17.6 Å². The fourth-order valence-electron chi connectivity index (χ4n) is 2.87. The van der Waals surface area contributed by atoms with E-state index in [0.717, 1.165) is 38.6 Å². The maximum absolute atomic E-state index is 12.6. The molecule has 1 fully saturated rings. The van der Waals surface area contributed by atoms with Crippen molar-refractivity contribution >= 4 is 5.91 Å². The van der Waals surface area contributed by atoms with Gasteiger partial charge in [0.25, 0.3) is 5.91 Å². The minimum atomic E-state index is 0.0623. The quantitative estimate of drug-likeness (QED) is 0.888. The molecule has 20 heavy (non-hydrogen) atoms. The van der Waals surface area contributed by atoms with Crippen molar-refractivity contribution in [2.45, 2.75) is 51.1 Å². The first-order chi connectivity index (χ1) is 9.61. The lowest BCUT2D eigenvalue weighted by atomic mass is 9.90. The van der Waals surface area contributed by atoms with Crippen LogP contribution in [0.3, 0.4) is 0 Å². The topological polar surface area (TPSA) is 66.6 Å². The molecule has 0 spiro atoms. The molecule has 0 radical (unpaired) electrons. The van der Waals surface area contributed by atoms with E-state index in [1.807, 2.05) is 4.90 Å². The Morgan fingerprint density at radius 3 is 2.40 bits per heavy atom. The molecule has 4 heteroatoms. The van der Waals surface area contributed by atoms with Crippen molar-refractivity contribution in [1.82, 2.24) is 4.90 Å². The third-order valence-electron chi connectivity index (χ3n) is 4.02. The molecule has 0 bridgehead atoms. The van der Waals surface area contributed by atoms with Crippen molar-refractivity contribution in [3.05, 3.63) is 29.8 Å². The summed E-state index contributed by atoms with van der Waals surface area (Å²) in [5.41, 5.74) is 6.59. The van der Waals surface area contributed by atoms with Gasteiger partial charge in [-0.05, 0) is 56.4 Å². The Kier molecular flexibility index (Phi) is 5.01. The zero-order valence-electron chi connectivity index (χ0n) is 12.1. The number of aromatic hydroxyl groups is 1. The molecule has 1 aromatic rings. The molecule has 0 unspecified atom stereocenters. The predicted molar refractivity (Wildman–Crippen MR) is 79.7 cm³/mol. The van der Waals surface area contributed by atoms with Crippen molar-refractivity contribution in [2.75, 3.05) is 6.54 Å². The summed E-state index contributed by atoms with van der Waals surface area (Å²) >= 11 is 0. The van der Waals surface area contributed by atoms with Crippen molar-refractivity contribution in [3.8, 4) is 5.75 Å². The van der Waals surface area contributed by atoms with E-state index in [1.54, 1.807) is 24.3 Å². The van der Waals surface area contributed by atoms with Crippen LogP contribution in [0.5, 0.6) is 5.75 Å². The molecule has 3 N–H and O–H groups in total. The highest BCUT2D eigenvalue weighted by molar-refractivity contribution is 5.94. The fraction of sp³-hybridized carbons (Fsp3) is 0.562. The molecule has 0 aliphatic heterocycles. The van der Waals surface area contributed by atoms with Gasteiger partial charge in [-0.1, -0.05) is 6.92 Å². The summed E-state index contributed by atoms with van der Waals surface area (Å²) in [7, 11) is 0. The molecule has 110 valence electrons. The van der Waals surface area contributed by atoms with E-state index in [1.165, 1.54) is 0 Å². The van der Waals surface area contributed by atoms with Gasteiger partial charge in [0.1, 0.15) is 5.75 Å². The number of carbonyl (C=O) groups is 1. The number of hydrogen-bond donors (Lipinski definition) is 2. The summed E-state index contributed by atoms with van der Waals surface area (Å²) in [5.74, 6) is 0.250. The third kappa shape index (κ3) is 3.51. The monoisotopic (exact) mass is 276 g/mol. The normalized spacial score (nSPS) is 22.5. The maximum atomic E-state index is 12.6. The van der Waals surface area contributed by atoms with Gasteiger partial charge in [0.2, 0.25) is 0 Å². The molecule has 2 rings (SSSR count). The largest absolute Gasteiger partial charge is 0.508 e. The fourth-order valence-corrected chi connectivity index (χ4v) is 2.87. The van der Waals surface area contributed by atoms with Gasteiger partial charge in [-0.15, -0.1) is 0 Å². The molecular weight excluding hydrogens is 252 g/mol. The van der Waals surface area contributed by atoms with Gasteiger partial charge in [0.05, 0.1) is 0 Å². The third-order valence-corrected chi connectivity index (χ3v) is 4.02. The lowest BCUT2D eigenvalue weighted by molar-refractivity contribution is 0.0626. The standard InChI is InChI=1S/C16H24N2O2/c1-2-11-18(14-7-5-13(17)6-8-14)16(20)12-3-9-15(19)10-4-12/h3-4,9-10,13-14,19H,2,5-8,11,17H2,1H3. The Balaban J connectivity index is 2.11. The van der Waals surface area contributed by atoms with E-state index in [4.69, 9.17) is 5.73 Å². The van der Waals surface area contributed by atoms with Crippen LogP contribution in [-0.4, -0.2) is 34.5 Å². The molecule has 0 heterocycles. The maximum Gasteiger partial charge on any atom is 0.254 e. The summed E-state index contributed by atoms with van der Waals surface area (Å²) in [5, 5.41) is 9.32. The van der Waals surface area contributed by atoms with Crippen molar-refractivity contribution in [1.29, 1.82) is 0 Å².